The van der Waals surface area contributed by atoms with Crippen LogP contribution < -0.4 is 9.04 Å². The van der Waals surface area contributed by atoms with Gasteiger partial charge in [0.25, 0.3) is 10.0 Å². The van der Waals surface area contributed by atoms with Gasteiger partial charge in [0.05, 0.1) is 22.7 Å². The highest BCUT2D eigenvalue weighted by Crippen LogP contribution is 2.40. The standard InChI is InChI=1S/C26H20ClF4NO5S/c27-19-8-7-17(22(28)14-19)6-4-16-5-10-24-23(12-16)32(15-20(37-24)9-11-25(33)34)38(35,36)21-3-1-2-18(13-21)26(29,30)31/h1-8,10,12-14,20H,9,11,15H2,(H,33,34)/b6-4+/t20-/m0/s1. The average Bonchev–Trinajstić information content (AvgIpc) is 2.86. The first-order valence-electron chi connectivity index (χ1n) is 11.2. The van der Waals surface area contributed by atoms with Crippen LogP contribution >= 0.6 is 11.6 Å². The molecule has 0 aliphatic carbocycles. The smallest absolute Gasteiger partial charge is 0.416 e. The molecule has 3 aromatic rings. The molecule has 3 aromatic carbocycles. The van der Waals surface area contributed by atoms with Gasteiger partial charge in [-0.2, -0.15) is 13.2 Å². The summed E-state index contributed by atoms with van der Waals surface area (Å²) in [6.07, 6.45) is -2.96. The Balaban J connectivity index is 1.75. The molecule has 1 heterocycles. The number of nitrogens with zero attached hydrogens (tertiary/aromatic N) is 1. The van der Waals surface area contributed by atoms with Crippen molar-refractivity contribution in [1.82, 2.24) is 0 Å². The van der Waals surface area contributed by atoms with Crippen LogP contribution in [-0.4, -0.2) is 32.1 Å². The molecule has 1 aliphatic rings. The van der Waals surface area contributed by atoms with E-state index in [4.69, 9.17) is 21.4 Å². The largest absolute Gasteiger partial charge is 0.486 e. The maximum absolute atomic E-state index is 14.2. The Morgan fingerprint density at radius 1 is 1.11 bits per heavy atom. The molecule has 200 valence electrons. The number of sulfonamides is 1. The van der Waals surface area contributed by atoms with Gasteiger partial charge in [-0.15, -0.1) is 0 Å². The lowest BCUT2D eigenvalue weighted by molar-refractivity contribution is -0.138. The number of alkyl halides is 3. The number of carboxylic acid groups (broad SMARTS) is 1. The molecular formula is C26H20ClF4NO5S. The normalized spacial score (nSPS) is 15.8. The van der Waals surface area contributed by atoms with E-state index in [0.717, 1.165) is 28.6 Å². The molecule has 0 spiro atoms. The van der Waals surface area contributed by atoms with Crippen LogP contribution in [-0.2, 0) is 21.0 Å². The number of carboxylic acids is 1. The van der Waals surface area contributed by atoms with Gasteiger partial charge < -0.3 is 9.84 Å². The second-order valence-electron chi connectivity index (χ2n) is 8.46. The number of aliphatic carboxylic acids is 1. The van der Waals surface area contributed by atoms with Crippen molar-refractivity contribution in [2.45, 2.75) is 30.0 Å². The Hall–Kier alpha value is -3.57. The maximum Gasteiger partial charge on any atom is 0.416 e. The van der Waals surface area contributed by atoms with Crippen molar-refractivity contribution in [3.63, 3.8) is 0 Å². The summed E-state index contributed by atoms with van der Waals surface area (Å²) in [5.74, 6) is -1.57. The van der Waals surface area contributed by atoms with Crippen LogP contribution in [0.15, 0.2) is 65.6 Å². The fourth-order valence-corrected chi connectivity index (χ4v) is 5.58. The van der Waals surface area contributed by atoms with Crippen LogP contribution in [0, 0.1) is 5.82 Å². The van der Waals surface area contributed by atoms with Gasteiger partial charge in [0.1, 0.15) is 17.7 Å². The fraction of sp³-hybridized carbons (Fsp3) is 0.192. The molecule has 1 aliphatic heterocycles. The number of fused-ring (bicyclic) bond motifs is 1. The van der Waals surface area contributed by atoms with Gasteiger partial charge >= 0.3 is 12.1 Å². The topological polar surface area (TPSA) is 83.9 Å². The third-order valence-electron chi connectivity index (χ3n) is 5.76. The van der Waals surface area contributed by atoms with Crippen LogP contribution in [0.1, 0.15) is 29.5 Å². The van der Waals surface area contributed by atoms with Gasteiger partial charge in [-0.3, -0.25) is 9.10 Å². The van der Waals surface area contributed by atoms with Crippen molar-refractivity contribution in [2.24, 2.45) is 0 Å². The first-order valence-corrected chi connectivity index (χ1v) is 13.0. The van der Waals surface area contributed by atoms with Gasteiger partial charge in [-0.1, -0.05) is 42.0 Å². The first kappa shape index (κ1) is 27.5. The number of halogens is 5. The van der Waals surface area contributed by atoms with E-state index in [1.54, 1.807) is 6.07 Å². The number of carbonyl (C=O) groups is 1. The van der Waals surface area contributed by atoms with Crippen LogP contribution in [0.5, 0.6) is 5.75 Å². The van der Waals surface area contributed by atoms with E-state index in [1.165, 1.54) is 36.4 Å². The number of hydrogen-bond donors (Lipinski definition) is 1. The Morgan fingerprint density at radius 3 is 2.55 bits per heavy atom. The van der Waals surface area contributed by atoms with Crippen molar-refractivity contribution in [3.05, 3.63) is 88.2 Å². The molecular weight excluding hydrogens is 550 g/mol. The van der Waals surface area contributed by atoms with Gasteiger partial charge in [0.2, 0.25) is 0 Å². The zero-order valence-electron chi connectivity index (χ0n) is 19.5. The summed E-state index contributed by atoms with van der Waals surface area (Å²) in [5.41, 5.74) is -0.399. The van der Waals surface area contributed by atoms with Gasteiger partial charge in [0.15, 0.2) is 0 Å². The summed E-state index contributed by atoms with van der Waals surface area (Å²) in [4.78, 5) is 10.5. The van der Waals surface area contributed by atoms with E-state index in [9.17, 15) is 30.8 Å². The highest BCUT2D eigenvalue weighted by Gasteiger charge is 2.37. The Bertz CT molecular complexity index is 1510. The highest BCUT2D eigenvalue weighted by atomic mass is 35.5. The summed E-state index contributed by atoms with van der Waals surface area (Å²) in [6.45, 7) is -0.322. The molecule has 0 amide bonds. The molecule has 38 heavy (non-hydrogen) atoms. The van der Waals surface area contributed by atoms with Crippen molar-refractivity contribution >= 4 is 45.4 Å². The predicted octanol–water partition coefficient (Wildman–Crippen LogP) is 6.49. The molecule has 0 fully saturated rings. The molecule has 1 atom stereocenters. The maximum atomic E-state index is 14.2. The first-order chi connectivity index (χ1) is 17.8. The average molecular weight is 570 g/mol. The van der Waals surface area contributed by atoms with Gasteiger partial charge in [-0.25, -0.2) is 12.8 Å². The van der Waals surface area contributed by atoms with E-state index >= 15 is 0 Å². The predicted molar refractivity (Wildman–Crippen MR) is 134 cm³/mol. The lowest BCUT2D eigenvalue weighted by Gasteiger charge is -2.35. The molecule has 0 saturated carbocycles. The molecule has 12 heteroatoms. The number of ether oxygens (including phenoxy) is 1. The van der Waals surface area contributed by atoms with Crippen molar-refractivity contribution in [3.8, 4) is 5.75 Å². The Labute approximate surface area is 220 Å². The zero-order valence-corrected chi connectivity index (χ0v) is 21.0. The fourth-order valence-electron chi connectivity index (χ4n) is 3.88. The van der Waals surface area contributed by atoms with Gasteiger partial charge in [-0.05, 0) is 54.4 Å². The van der Waals surface area contributed by atoms with Crippen molar-refractivity contribution in [1.29, 1.82) is 0 Å². The van der Waals surface area contributed by atoms with E-state index < -0.39 is 44.5 Å². The van der Waals surface area contributed by atoms with Gasteiger partial charge in [0, 0.05) is 17.0 Å². The molecule has 0 unspecified atom stereocenters. The van der Waals surface area contributed by atoms with Crippen molar-refractivity contribution in [2.75, 3.05) is 10.8 Å². The van der Waals surface area contributed by atoms with Crippen LogP contribution in [0.4, 0.5) is 23.2 Å². The van der Waals surface area contributed by atoms with Crippen LogP contribution in [0.2, 0.25) is 5.02 Å². The molecule has 0 aromatic heterocycles. The quantitative estimate of drug-likeness (QED) is 0.260. The number of hydrogen-bond acceptors (Lipinski definition) is 4. The number of benzene rings is 3. The SMILES string of the molecule is O=C(O)CC[C@H]1CN(S(=O)(=O)c2cccc(C(F)(F)F)c2)c2cc(/C=C/c3ccc(Cl)cc3F)ccc2O1. The Kier molecular flexibility index (Phi) is 7.70. The molecule has 6 nitrogen and oxygen atoms in total. The minimum atomic E-state index is -4.76. The second kappa shape index (κ2) is 10.7. The molecule has 0 bridgehead atoms. The summed E-state index contributed by atoms with van der Waals surface area (Å²) >= 11 is 5.77. The minimum Gasteiger partial charge on any atom is -0.486 e. The summed E-state index contributed by atoms with van der Waals surface area (Å²) in [6, 6.07) is 12.0. The third kappa shape index (κ3) is 6.11. The monoisotopic (exact) mass is 569 g/mol. The third-order valence-corrected chi connectivity index (χ3v) is 7.77. The van der Waals surface area contributed by atoms with E-state index in [-0.39, 0.29) is 41.4 Å². The lowest BCUT2D eigenvalue weighted by atomic mass is 10.1. The lowest BCUT2D eigenvalue weighted by Crippen LogP contribution is -2.43. The highest BCUT2D eigenvalue weighted by molar-refractivity contribution is 7.92. The molecule has 0 saturated heterocycles. The second-order valence-corrected chi connectivity index (χ2v) is 10.8. The molecule has 4 rings (SSSR count). The van der Waals surface area contributed by atoms with Crippen LogP contribution in [0.3, 0.4) is 0 Å². The summed E-state index contributed by atoms with van der Waals surface area (Å²) < 4.78 is 87.9. The molecule has 0 radical (unpaired) electrons. The Morgan fingerprint density at radius 2 is 1.87 bits per heavy atom. The number of rotatable bonds is 7. The van der Waals surface area contributed by atoms with E-state index in [1.807, 2.05) is 0 Å². The zero-order chi connectivity index (χ0) is 27.7. The van der Waals surface area contributed by atoms with Crippen LogP contribution in [0.25, 0.3) is 12.2 Å². The van der Waals surface area contributed by atoms with E-state index in [2.05, 4.69) is 0 Å². The molecule has 1 N–H and O–H groups in total. The van der Waals surface area contributed by atoms with E-state index in [0.29, 0.717) is 11.6 Å². The van der Waals surface area contributed by atoms with Crippen molar-refractivity contribution < 1.29 is 40.6 Å². The summed E-state index contributed by atoms with van der Waals surface area (Å²) in [5, 5.41) is 9.26. The minimum absolute atomic E-state index is 0.0269. The summed E-state index contributed by atoms with van der Waals surface area (Å²) in [7, 11) is -4.52. The number of anilines is 1.